The van der Waals surface area contributed by atoms with Crippen LogP contribution >= 0.6 is 11.8 Å². The van der Waals surface area contributed by atoms with Gasteiger partial charge in [-0.3, -0.25) is 4.79 Å². The Morgan fingerprint density at radius 2 is 1.86 bits per heavy atom. The Morgan fingerprint density at radius 3 is 2.62 bits per heavy atom. The predicted molar refractivity (Wildman–Crippen MR) is 103 cm³/mol. The molecule has 2 heterocycles. The van der Waals surface area contributed by atoms with Crippen LogP contribution in [0.4, 0.5) is 14.5 Å². The maximum Gasteiger partial charge on any atom is 0.586 e. The van der Waals surface area contributed by atoms with Gasteiger partial charge < -0.3 is 19.4 Å². The third-order valence-electron chi connectivity index (χ3n) is 4.16. The standard InChI is InChI=1S/C19H16F2N4O3S/c1-11-3-5-12(6-4-11)17-23-24-18(25(17)2)29-10-16(26)22-13-7-8-14-15(9-13)28-19(20,21)27-14/h3-9H,10H2,1-2H3,(H,22,26). The number of amides is 1. The van der Waals surface area contributed by atoms with E-state index in [0.29, 0.717) is 16.7 Å². The molecule has 10 heteroatoms. The van der Waals surface area contributed by atoms with Crippen LogP contribution in [0.25, 0.3) is 11.4 Å². The van der Waals surface area contributed by atoms with Crippen molar-refractivity contribution in [2.75, 3.05) is 11.1 Å². The van der Waals surface area contributed by atoms with Crippen LogP contribution in [-0.2, 0) is 11.8 Å². The molecule has 0 atom stereocenters. The summed E-state index contributed by atoms with van der Waals surface area (Å²) < 4.78 is 36.7. The summed E-state index contributed by atoms with van der Waals surface area (Å²) in [6.07, 6.45) is -3.69. The number of carbonyl (C=O) groups is 1. The van der Waals surface area contributed by atoms with Crippen molar-refractivity contribution in [3.05, 3.63) is 48.0 Å². The van der Waals surface area contributed by atoms with Gasteiger partial charge in [-0.2, -0.15) is 0 Å². The molecule has 0 radical (unpaired) electrons. The Balaban J connectivity index is 1.38. The summed E-state index contributed by atoms with van der Waals surface area (Å²) in [7, 11) is 1.83. The Bertz CT molecular complexity index is 1070. The summed E-state index contributed by atoms with van der Waals surface area (Å²) in [4.78, 5) is 12.2. The SMILES string of the molecule is Cc1ccc(-c2nnc(SCC(=O)Nc3ccc4c(c3)OC(F)(F)O4)n2C)cc1. The van der Waals surface area contributed by atoms with Gasteiger partial charge in [-0.25, -0.2) is 0 Å². The minimum absolute atomic E-state index is 0.0739. The van der Waals surface area contributed by atoms with Gasteiger partial charge in [0.1, 0.15) is 0 Å². The number of halogens is 2. The van der Waals surface area contributed by atoms with E-state index < -0.39 is 6.29 Å². The molecule has 0 aliphatic carbocycles. The molecule has 3 aromatic rings. The van der Waals surface area contributed by atoms with Crippen molar-refractivity contribution < 1.29 is 23.0 Å². The van der Waals surface area contributed by atoms with Crippen molar-refractivity contribution in [1.82, 2.24) is 14.8 Å². The topological polar surface area (TPSA) is 78.3 Å². The number of anilines is 1. The maximum absolute atomic E-state index is 13.1. The monoisotopic (exact) mass is 418 g/mol. The lowest BCUT2D eigenvalue weighted by molar-refractivity contribution is -0.286. The number of carbonyl (C=O) groups excluding carboxylic acids is 1. The van der Waals surface area contributed by atoms with Gasteiger partial charge in [0.05, 0.1) is 5.75 Å². The summed E-state index contributed by atoms with van der Waals surface area (Å²) in [6, 6.07) is 12.0. The van der Waals surface area contributed by atoms with Crippen molar-refractivity contribution in [2.24, 2.45) is 7.05 Å². The van der Waals surface area contributed by atoms with E-state index in [1.54, 1.807) is 0 Å². The molecule has 1 aromatic heterocycles. The van der Waals surface area contributed by atoms with Gasteiger partial charge in [-0.05, 0) is 19.1 Å². The van der Waals surface area contributed by atoms with Crippen molar-refractivity contribution in [1.29, 1.82) is 0 Å². The number of aryl methyl sites for hydroxylation is 1. The first kappa shape index (κ1) is 19.2. The molecule has 29 heavy (non-hydrogen) atoms. The molecule has 7 nitrogen and oxygen atoms in total. The van der Waals surface area contributed by atoms with Crippen molar-refractivity contribution >= 4 is 23.4 Å². The average Bonchev–Trinajstić information content (AvgIpc) is 3.18. The number of fused-ring (bicyclic) bond motifs is 1. The van der Waals surface area contributed by atoms with Crippen LogP contribution in [0.5, 0.6) is 11.5 Å². The van der Waals surface area contributed by atoms with Gasteiger partial charge in [0.2, 0.25) is 5.91 Å². The van der Waals surface area contributed by atoms with Gasteiger partial charge >= 0.3 is 6.29 Å². The van der Waals surface area contributed by atoms with Gasteiger partial charge in [0.25, 0.3) is 0 Å². The number of nitrogens with zero attached hydrogens (tertiary/aromatic N) is 3. The lowest BCUT2D eigenvalue weighted by Crippen LogP contribution is -2.25. The third-order valence-corrected chi connectivity index (χ3v) is 5.18. The number of hydrogen-bond acceptors (Lipinski definition) is 6. The van der Waals surface area contributed by atoms with Crippen LogP contribution in [0, 0.1) is 6.92 Å². The van der Waals surface area contributed by atoms with E-state index in [4.69, 9.17) is 0 Å². The summed E-state index contributed by atoms with van der Waals surface area (Å²) in [5.74, 6) is 0.247. The zero-order valence-corrected chi connectivity index (χ0v) is 16.3. The van der Waals surface area contributed by atoms with Gasteiger partial charge in [0, 0.05) is 24.4 Å². The Hall–Kier alpha value is -3.14. The van der Waals surface area contributed by atoms with Crippen molar-refractivity contribution in [3.63, 3.8) is 0 Å². The third kappa shape index (κ3) is 4.16. The molecule has 1 aliphatic rings. The van der Waals surface area contributed by atoms with E-state index >= 15 is 0 Å². The number of ether oxygens (including phenoxy) is 2. The minimum Gasteiger partial charge on any atom is -0.395 e. The second kappa shape index (κ2) is 7.36. The first-order valence-electron chi connectivity index (χ1n) is 8.60. The Morgan fingerprint density at radius 1 is 1.14 bits per heavy atom. The zero-order chi connectivity index (χ0) is 20.6. The molecule has 0 saturated heterocycles. The summed E-state index contributed by atoms with van der Waals surface area (Å²) in [6.45, 7) is 2.01. The van der Waals surface area contributed by atoms with Gasteiger partial charge in [-0.1, -0.05) is 41.6 Å². The molecule has 0 unspecified atom stereocenters. The first-order valence-corrected chi connectivity index (χ1v) is 9.58. The van der Waals surface area contributed by atoms with Crippen LogP contribution < -0.4 is 14.8 Å². The zero-order valence-electron chi connectivity index (χ0n) is 15.5. The van der Waals surface area contributed by atoms with Crippen LogP contribution in [0.2, 0.25) is 0 Å². The highest BCUT2D eigenvalue weighted by atomic mass is 32.2. The number of aromatic nitrogens is 3. The normalized spacial score (nSPS) is 14.1. The van der Waals surface area contributed by atoms with Crippen LogP contribution in [0.1, 0.15) is 5.56 Å². The molecular weight excluding hydrogens is 402 g/mol. The predicted octanol–water partition coefficient (Wildman–Crippen LogP) is 3.84. The molecule has 1 aliphatic heterocycles. The fourth-order valence-corrected chi connectivity index (χ4v) is 3.46. The number of rotatable bonds is 5. The van der Waals surface area contributed by atoms with Crippen molar-refractivity contribution in [2.45, 2.75) is 18.4 Å². The Labute approximate surface area is 169 Å². The number of hydrogen-bond donors (Lipinski definition) is 1. The second-order valence-corrected chi connectivity index (χ2v) is 7.34. The molecule has 1 amide bonds. The number of benzene rings is 2. The van der Waals surface area contributed by atoms with E-state index in [1.165, 1.54) is 30.0 Å². The highest BCUT2D eigenvalue weighted by Crippen LogP contribution is 2.42. The fourth-order valence-electron chi connectivity index (χ4n) is 2.75. The van der Waals surface area contributed by atoms with Crippen LogP contribution in [0.3, 0.4) is 0 Å². The van der Waals surface area contributed by atoms with Crippen LogP contribution in [0.15, 0.2) is 47.6 Å². The highest BCUT2D eigenvalue weighted by molar-refractivity contribution is 7.99. The second-order valence-electron chi connectivity index (χ2n) is 6.40. The van der Waals surface area contributed by atoms with E-state index in [1.807, 2.05) is 42.8 Å². The highest BCUT2D eigenvalue weighted by Gasteiger charge is 2.43. The molecule has 1 N–H and O–H groups in total. The van der Waals surface area contributed by atoms with E-state index in [0.717, 1.165) is 11.1 Å². The molecule has 0 saturated carbocycles. The van der Waals surface area contributed by atoms with E-state index in [2.05, 4.69) is 25.0 Å². The summed E-state index contributed by atoms with van der Waals surface area (Å²) >= 11 is 1.22. The quantitative estimate of drug-likeness (QED) is 0.635. The lowest BCUT2D eigenvalue weighted by atomic mass is 10.1. The number of thioether (sulfide) groups is 1. The fraction of sp³-hybridized carbons (Fsp3) is 0.211. The molecular formula is C19H16F2N4O3S. The average molecular weight is 418 g/mol. The summed E-state index contributed by atoms with van der Waals surface area (Å²) in [5, 5.41) is 11.5. The van der Waals surface area contributed by atoms with Crippen LogP contribution in [-0.4, -0.2) is 32.7 Å². The van der Waals surface area contributed by atoms with E-state index in [9.17, 15) is 13.6 Å². The van der Waals surface area contributed by atoms with Gasteiger partial charge in [-0.15, -0.1) is 19.0 Å². The number of nitrogens with one attached hydrogen (secondary N) is 1. The minimum atomic E-state index is -3.69. The van der Waals surface area contributed by atoms with E-state index in [-0.39, 0.29) is 23.2 Å². The molecule has 150 valence electrons. The first-order chi connectivity index (χ1) is 13.8. The Kier molecular flexibility index (Phi) is 4.87. The molecule has 2 aromatic carbocycles. The lowest BCUT2D eigenvalue weighted by Gasteiger charge is -2.06. The smallest absolute Gasteiger partial charge is 0.395 e. The molecule has 0 bridgehead atoms. The van der Waals surface area contributed by atoms with Gasteiger partial charge in [0.15, 0.2) is 22.5 Å². The largest absolute Gasteiger partial charge is 0.586 e. The molecule has 0 spiro atoms. The molecule has 0 fully saturated rings. The number of alkyl halides is 2. The molecule has 4 rings (SSSR count). The summed E-state index contributed by atoms with van der Waals surface area (Å²) in [5.41, 5.74) is 2.41. The van der Waals surface area contributed by atoms with Crippen molar-refractivity contribution in [3.8, 4) is 22.9 Å². The maximum atomic E-state index is 13.1.